The molecule has 0 spiro atoms. The predicted octanol–water partition coefficient (Wildman–Crippen LogP) is 5.01. The Morgan fingerprint density at radius 1 is 0.972 bits per heavy atom. The van der Waals surface area contributed by atoms with Crippen molar-refractivity contribution in [2.24, 2.45) is 22.6 Å². The first kappa shape index (κ1) is 22.8. The van der Waals surface area contributed by atoms with Gasteiger partial charge in [0.05, 0.1) is 16.9 Å². The Labute approximate surface area is 213 Å². The monoisotopic (exact) mass is 478 g/mol. The molecular weight excluding hydrogens is 444 g/mol. The summed E-state index contributed by atoms with van der Waals surface area (Å²) in [6.07, 6.45) is 9.08. The smallest absolute Gasteiger partial charge is 0.149 e. The summed E-state index contributed by atoms with van der Waals surface area (Å²) in [4.78, 5) is 14.1. The van der Waals surface area contributed by atoms with E-state index < -0.39 is 0 Å². The average molecular weight is 479 g/mol. The Morgan fingerprint density at radius 3 is 2.53 bits per heavy atom. The van der Waals surface area contributed by atoms with Crippen LogP contribution in [0.3, 0.4) is 0 Å². The molecule has 0 radical (unpaired) electrons. The van der Waals surface area contributed by atoms with E-state index in [9.17, 15) is 0 Å². The molecule has 3 aromatic rings. The molecule has 1 atom stereocenters. The van der Waals surface area contributed by atoms with Crippen molar-refractivity contribution >= 4 is 22.4 Å². The van der Waals surface area contributed by atoms with Crippen molar-refractivity contribution in [3.8, 4) is 11.3 Å². The second kappa shape index (κ2) is 9.43. The van der Waals surface area contributed by atoms with E-state index in [1.54, 1.807) is 0 Å². The van der Waals surface area contributed by atoms with E-state index in [0.717, 1.165) is 45.0 Å². The normalized spacial score (nSPS) is 23.7. The van der Waals surface area contributed by atoms with Crippen LogP contribution in [0, 0.1) is 11.8 Å². The summed E-state index contributed by atoms with van der Waals surface area (Å²) in [6.45, 7) is 1.18. The first-order chi connectivity index (χ1) is 17.6. The van der Waals surface area contributed by atoms with E-state index in [-0.39, 0.29) is 6.17 Å². The highest BCUT2D eigenvalue weighted by molar-refractivity contribution is 6.05. The molecule has 3 aliphatic rings. The molecule has 3 N–H and O–H groups in total. The highest BCUT2D eigenvalue weighted by Gasteiger charge is 2.39. The zero-order chi connectivity index (χ0) is 24.6. The lowest BCUT2D eigenvalue weighted by atomic mass is 9.80. The van der Waals surface area contributed by atoms with Gasteiger partial charge in [0.15, 0.2) is 0 Å². The van der Waals surface area contributed by atoms with Gasteiger partial charge in [-0.05, 0) is 63.7 Å². The summed E-state index contributed by atoms with van der Waals surface area (Å²) < 4.78 is 0. The van der Waals surface area contributed by atoms with Crippen LogP contribution in [-0.4, -0.2) is 47.4 Å². The zero-order valence-corrected chi connectivity index (χ0v) is 21.1. The number of pyridine rings is 1. The van der Waals surface area contributed by atoms with Crippen LogP contribution in [-0.2, 0) is 0 Å². The number of fused-ring (bicyclic) bond motifs is 2. The molecule has 2 aromatic carbocycles. The maximum absolute atomic E-state index is 6.47. The van der Waals surface area contributed by atoms with Crippen LogP contribution in [0.25, 0.3) is 27.9 Å². The van der Waals surface area contributed by atoms with Gasteiger partial charge in [-0.3, -0.25) is 0 Å². The van der Waals surface area contributed by atoms with Crippen molar-refractivity contribution in [3.05, 3.63) is 84.3 Å². The lowest BCUT2D eigenvalue weighted by molar-refractivity contribution is 0.154. The molecule has 1 fully saturated rings. The summed E-state index contributed by atoms with van der Waals surface area (Å²) in [7, 11) is 4.35. The van der Waals surface area contributed by atoms with Crippen LogP contribution in [0.4, 0.5) is 0 Å². The summed E-state index contributed by atoms with van der Waals surface area (Å²) in [5, 5.41) is 5.00. The van der Waals surface area contributed by atoms with E-state index in [2.05, 4.69) is 82.9 Å². The van der Waals surface area contributed by atoms with Gasteiger partial charge in [0.2, 0.25) is 0 Å². The fourth-order valence-electron chi connectivity index (χ4n) is 6.04. The largest absolute Gasteiger partial charge is 0.382 e. The van der Waals surface area contributed by atoms with Crippen LogP contribution in [0.1, 0.15) is 31.2 Å². The van der Waals surface area contributed by atoms with E-state index in [1.807, 2.05) is 24.4 Å². The molecule has 36 heavy (non-hydrogen) atoms. The maximum Gasteiger partial charge on any atom is 0.149 e. The van der Waals surface area contributed by atoms with Crippen LogP contribution >= 0.6 is 0 Å². The molecule has 1 saturated carbocycles. The number of hydrogen-bond donors (Lipinski definition) is 2. The van der Waals surface area contributed by atoms with Crippen molar-refractivity contribution in [1.82, 2.24) is 20.1 Å². The number of benzene rings is 2. The average Bonchev–Trinajstić information content (AvgIpc) is 3.30. The Kier molecular flexibility index (Phi) is 5.97. The Bertz CT molecular complexity index is 1350. The molecule has 184 valence electrons. The van der Waals surface area contributed by atoms with Gasteiger partial charge in [0.1, 0.15) is 17.7 Å². The number of rotatable bonds is 5. The van der Waals surface area contributed by atoms with E-state index in [0.29, 0.717) is 11.8 Å². The fraction of sp³-hybridized carbons (Fsp3) is 0.333. The van der Waals surface area contributed by atoms with Crippen LogP contribution in [0.15, 0.2) is 83.8 Å². The quantitative estimate of drug-likeness (QED) is 0.539. The summed E-state index contributed by atoms with van der Waals surface area (Å²) in [5.41, 5.74) is 12.7. The van der Waals surface area contributed by atoms with Crippen molar-refractivity contribution < 1.29 is 0 Å². The molecule has 0 saturated heterocycles. The van der Waals surface area contributed by atoms with Crippen molar-refractivity contribution in [2.45, 2.75) is 31.8 Å². The second-order valence-corrected chi connectivity index (χ2v) is 10.5. The molecule has 1 aliphatic carbocycles. The zero-order valence-electron chi connectivity index (χ0n) is 21.1. The van der Waals surface area contributed by atoms with Gasteiger partial charge in [-0.1, -0.05) is 48.5 Å². The van der Waals surface area contributed by atoms with Gasteiger partial charge in [-0.2, -0.15) is 0 Å². The molecule has 1 aromatic heterocycles. The number of hydrogen-bond acceptors (Lipinski definition) is 6. The molecule has 1 unspecified atom stereocenters. The second-order valence-electron chi connectivity index (χ2n) is 10.5. The first-order valence-corrected chi connectivity index (χ1v) is 13.0. The lowest BCUT2D eigenvalue weighted by Crippen LogP contribution is -2.44. The number of nitrogens with zero attached hydrogens (tertiary/aromatic N) is 4. The Balaban J connectivity index is 1.31. The Hall–Kier alpha value is -3.64. The van der Waals surface area contributed by atoms with Crippen molar-refractivity contribution in [1.29, 1.82) is 0 Å². The predicted molar refractivity (Wildman–Crippen MR) is 148 cm³/mol. The van der Waals surface area contributed by atoms with Crippen LogP contribution in [0.5, 0.6) is 0 Å². The van der Waals surface area contributed by atoms with Crippen molar-refractivity contribution in [2.75, 3.05) is 20.6 Å². The van der Waals surface area contributed by atoms with E-state index in [4.69, 9.17) is 10.7 Å². The highest BCUT2D eigenvalue weighted by atomic mass is 15.3. The lowest BCUT2D eigenvalue weighted by Gasteiger charge is -2.37. The molecule has 6 heteroatoms. The fourth-order valence-corrected chi connectivity index (χ4v) is 6.04. The van der Waals surface area contributed by atoms with Gasteiger partial charge in [0.25, 0.3) is 0 Å². The molecule has 2 aliphatic heterocycles. The molecular formula is C30H34N6. The number of aliphatic imine (C=N–C) groups is 1. The third-order valence-corrected chi connectivity index (χ3v) is 7.78. The van der Waals surface area contributed by atoms with Crippen molar-refractivity contribution in [3.63, 3.8) is 0 Å². The minimum atomic E-state index is 0.194. The topological polar surface area (TPSA) is 69.8 Å². The van der Waals surface area contributed by atoms with Gasteiger partial charge in [-0.25, -0.2) is 9.98 Å². The van der Waals surface area contributed by atoms with Gasteiger partial charge >= 0.3 is 0 Å². The summed E-state index contributed by atoms with van der Waals surface area (Å²) >= 11 is 0. The number of aromatic nitrogens is 1. The van der Waals surface area contributed by atoms with Crippen LogP contribution in [0.2, 0.25) is 0 Å². The van der Waals surface area contributed by atoms with Gasteiger partial charge in [0, 0.05) is 35.5 Å². The van der Waals surface area contributed by atoms with Crippen LogP contribution < -0.4 is 11.1 Å². The standard InChI is InChI=1S/C30H34N6/c1-35(2)19-20-8-10-23(11-9-20)30-34-27(28-29(31)32-16-17-36(28)30)24-13-12-22-14-15-25(33-26(22)18-24)21-6-4-3-5-7-21/h3-7,12-18,20,23,30,34H,8-11,19H2,1-2H3,(H2,31,32)/t20-,23-,30?. The molecule has 0 bridgehead atoms. The van der Waals surface area contributed by atoms with Gasteiger partial charge < -0.3 is 20.9 Å². The van der Waals surface area contributed by atoms with E-state index >= 15 is 0 Å². The summed E-state index contributed by atoms with van der Waals surface area (Å²) in [5.74, 6) is 1.92. The number of amidine groups is 1. The number of nitrogens with one attached hydrogen (secondary N) is 1. The minimum Gasteiger partial charge on any atom is -0.382 e. The maximum atomic E-state index is 6.47. The summed E-state index contributed by atoms with van der Waals surface area (Å²) in [6, 6.07) is 21.1. The first-order valence-electron chi connectivity index (χ1n) is 13.0. The number of nitrogens with two attached hydrogens (primary N) is 1. The molecule has 0 amide bonds. The van der Waals surface area contributed by atoms with Gasteiger partial charge in [-0.15, -0.1) is 0 Å². The highest BCUT2D eigenvalue weighted by Crippen LogP contribution is 2.39. The van der Waals surface area contributed by atoms with E-state index in [1.165, 1.54) is 32.2 Å². The minimum absolute atomic E-state index is 0.194. The molecule has 6 rings (SSSR count). The SMILES string of the molecule is CN(C)C[C@H]1CC[C@H](C2NC(c3ccc4ccc(-c5ccccc5)nc4c3)=C3C(N)=NC=CN32)CC1. The molecule has 3 heterocycles. The Morgan fingerprint density at radius 2 is 1.75 bits per heavy atom. The third kappa shape index (κ3) is 4.26. The third-order valence-electron chi connectivity index (χ3n) is 7.78. The molecule has 6 nitrogen and oxygen atoms in total.